The summed E-state index contributed by atoms with van der Waals surface area (Å²) in [4.78, 5) is 18.2. The average molecular weight is 494 g/mol. The van der Waals surface area contributed by atoms with Crippen LogP contribution >= 0.6 is 0 Å². The summed E-state index contributed by atoms with van der Waals surface area (Å²) in [5, 5.41) is 18.1. The van der Waals surface area contributed by atoms with Gasteiger partial charge in [-0.25, -0.2) is 0 Å². The monoisotopic (exact) mass is 493 g/mol. The molecule has 0 unspecified atom stereocenters. The maximum atomic E-state index is 11.1. The molecule has 1 N–H and O–H groups in total. The molecule has 9 heteroatoms. The second-order valence-electron chi connectivity index (χ2n) is 10.00. The summed E-state index contributed by atoms with van der Waals surface area (Å²) in [5.41, 5.74) is 3.97. The standard InChI is InChI=1S/C27H35N5O4/c1-35-18-24-23(17-28-32(24)22-5-3-2-4-6-22)26-29-25(30-36-26)20-9-7-19(8-10-20)11-14-31-15-12-21(13-16-31)27(33)34/h7-10,17,21-22H,2-6,11-16,18H2,1H3,(H,33,34). The van der Waals surface area contributed by atoms with Crippen molar-refractivity contribution in [1.29, 1.82) is 0 Å². The second kappa shape index (κ2) is 11.3. The molecule has 1 aliphatic heterocycles. The number of benzene rings is 1. The summed E-state index contributed by atoms with van der Waals surface area (Å²) in [6, 6.07) is 8.67. The van der Waals surface area contributed by atoms with Crippen molar-refractivity contribution in [2.75, 3.05) is 26.7 Å². The van der Waals surface area contributed by atoms with Crippen LogP contribution in [-0.4, -0.2) is 62.6 Å². The predicted octanol–water partition coefficient (Wildman–Crippen LogP) is 4.59. The van der Waals surface area contributed by atoms with Crippen LogP contribution in [0, 0.1) is 5.92 Å². The Labute approximate surface area is 211 Å². The Bertz CT molecular complexity index is 1140. The van der Waals surface area contributed by atoms with Gasteiger partial charge < -0.3 is 19.3 Å². The first-order valence-corrected chi connectivity index (χ1v) is 13.1. The van der Waals surface area contributed by atoms with Crippen LogP contribution in [0.5, 0.6) is 0 Å². The molecule has 0 radical (unpaired) electrons. The van der Waals surface area contributed by atoms with Gasteiger partial charge in [-0.3, -0.25) is 9.48 Å². The molecule has 0 spiro atoms. The van der Waals surface area contributed by atoms with Gasteiger partial charge in [-0.05, 0) is 50.8 Å². The number of hydrogen-bond acceptors (Lipinski definition) is 7. The molecule has 36 heavy (non-hydrogen) atoms. The molecular weight excluding hydrogens is 458 g/mol. The van der Waals surface area contributed by atoms with Gasteiger partial charge in [0.15, 0.2) is 0 Å². The molecule has 1 saturated heterocycles. The third-order valence-electron chi connectivity index (χ3n) is 7.62. The van der Waals surface area contributed by atoms with Crippen LogP contribution in [0.3, 0.4) is 0 Å². The number of likely N-dealkylation sites (tertiary alicyclic amines) is 1. The minimum atomic E-state index is -0.664. The molecule has 0 amide bonds. The summed E-state index contributed by atoms with van der Waals surface area (Å²) in [7, 11) is 1.70. The van der Waals surface area contributed by atoms with Crippen molar-refractivity contribution in [1.82, 2.24) is 24.8 Å². The number of carbonyl (C=O) groups is 1. The van der Waals surface area contributed by atoms with E-state index in [2.05, 4.69) is 37.0 Å². The summed E-state index contributed by atoms with van der Waals surface area (Å²) in [5.74, 6) is 0.171. The van der Waals surface area contributed by atoms with Crippen molar-refractivity contribution in [2.24, 2.45) is 5.92 Å². The lowest BCUT2D eigenvalue weighted by Gasteiger charge is -2.29. The largest absolute Gasteiger partial charge is 0.481 e. The number of carboxylic acid groups (broad SMARTS) is 1. The molecule has 3 aromatic rings. The van der Waals surface area contributed by atoms with Crippen molar-refractivity contribution >= 4 is 5.97 Å². The highest BCUT2D eigenvalue weighted by molar-refractivity contribution is 5.70. The molecule has 1 aliphatic carbocycles. The summed E-state index contributed by atoms with van der Waals surface area (Å²) < 4.78 is 13.2. The van der Waals surface area contributed by atoms with E-state index >= 15 is 0 Å². The zero-order valence-corrected chi connectivity index (χ0v) is 20.9. The van der Waals surface area contributed by atoms with E-state index in [9.17, 15) is 4.79 Å². The van der Waals surface area contributed by atoms with Crippen molar-refractivity contribution in [3.63, 3.8) is 0 Å². The summed E-state index contributed by atoms with van der Waals surface area (Å²) >= 11 is 0. The Hall–Kier alpha value is -3.04. The molecule has 2 fully saturated rings. The lowest BCUT2D eigenvalue weighted by Crippen LogP contribution is -2.37. The molecule has 2 aliphatic rings. The first-order chi connectivity index (χ1) is 17.6. The van der Waals surface area contributed by atoms with Gasteiger partial charge in [0.2, 0.25) is 5.82 Å². The van der Waals surface area contributed by atoms with Crippen LogP contribution in [0.25, 0.3) is 22.8 Å². The quantitative estimate of drug-likeness (QED) is 0.461. The molecule has 3 heterocycles. The molecule has 5 rings (SSSR count). The number of carboxylic acids is 1. The zero-order valence-electron chi connectivity index (χ0n) is 20.9. The number of aromatic nitrogens is 4. The van der Waals surface area contributed by atoms with Gasteiger partial charge in [0.25, 0.3) is 5.89 Å². The number of aliphatic carboxylic acids is 1. The van der Waals surface area contributed by atoms with Gasteiger partial charge in [0.1, 0.15) is 0 Å². The second-order valence-corrected chi connectivity index (χ2v) is 10.00. The van der Waals surface area contributed by atoms with E-state index in [1.54, 1.807) is 7.11 Å². The summed E-state index contributed by atoms with van der Waals surface area (Å²) in [6.45, 7) is 3.09. The number of nitrogens with zero attached hydrogens (tertiary/aromatic N) is 5. The molecule has 1 aromatic carbocycles. The van der Waals surface area contributed by atoms with E-state index in [0.29, 0.717) is 24.4 Å². The molecule has 192 valence electrons. The first kappa shape index (κ1) is 24.6. The van der Waals surface area contributed by atoms with Crippen molar-refractivity contribution in [3.05, 3.63) is 41.7 Å². The van der Waals surface area contributed by atoms with Crippen molar-refractivity contribution in [3.8, 4) is 22.8 Å². The fourth-order valence-electron chi connectivity index (χ4n) is 5.45. The molecule has 0 bridgehead atoms. The van der Waals surface area contributed by atoms with Gasteiger partial charge in [-0.2, -0.15) is 10.1 Å². The van der Waals surface area contributed by atoms with E-state index in [1.165, 1.54) is 24.8 Å². The molecular formula is C27H35N5O4. The highest BCUT2D eigenvalue weighted by Crippen LogP contribution is 2.33. The Kier molecular flexibility index (Phi) is 7.77. The van der Waals surface area contributed by atoms with E-state index in [4.69, 9.17) is 14.4 Å². The lowest BCUT2D eigenvalue weighted by molar-refractivity contribution is -0.143. The minimum absolute atomic E-state index is 0.187. The highest BCUT2D eigenvalue weighted by Gasteiger charge is 2.25. The van der Waals surface area contributed by atoms with Gasteiger partial charge in [-0.15, -0.1) is 0 Å². The SMILES string of the molecule is COCc1c(-c2nc(-c3ccc(CCN4CCC(C(=O)O)CC4)cc3)no2)cnn1C1CCCCC1. The van der Waals surface area contributed by atoms with Crippen LogP contribution in [0.2, 0.25) is 0 Å². The molecule has 0 atom stereocenters. The predicted molar refractivity (Wildman–Crippen MR) is 134 cm³/mol. The number of piperidine rings is 1. The van der Waals surface area contributed by atoms with E-state index < -0.39 is 5.97 Å². The molecule has 1 saturated carbocycles. The number of ether oxygens (including phenoxy) is 1. The van der Waals surface area contributed by atoms with Crippen LogP contribution in [0.4, 0.5) is 0 Å². The van der Waals surface area contributed by atoms with Gasteiger partial charge in [-0.1, -0.05) is 48.7 Å². The van der Waals surface area contributed by atoms with Crippen LogP contribution in [0.15, 0.2) is 35.0 Å². The minimum Gasteiger partial charge on any atom is -0.481 e. The molecule has 9 nitrogen and oxygen atoms in total. The van der Waals surface area contributed by atoms with E-state index in [-0.39, 0.29) is 5.92 Å². The Morgan fingerprint density at radius 3 is 2.56 bits per heavy atom. The maximum absolute atomic E-state index is 11.1. The fraction of sp³-hybridized carbons (Fsp3) is 0.556. The van der Waals surface area contributed by atoms with Gasteiger partial charge >= 0.3 is 5.97 Å². The third kappa shape index (κ3) is 5.52. The van der Waals surface area contributed by atoms with E-state index in [0.717, 1.165) is 68.6 Å². The first-order valence-electron chi connectivity index (χ1n) is 13.1. The van der Waals surface area contributed by atoms with E-state index in [1.807, 2.05) is 18.3 Å². The number of rotatable bonds is 9. The molecule has 2 aromatic heterocycles. The Morgan fingerprint density at radius 2 is 1.86 bits per heavy atom. The Morgan fingerprint density at radius 1 is 1.11 bits per heavy atom. The number of methoxy groups -OCH3 is 1. The third-order valence-corrected chi connectivity index (χ3v) is 7.62. The van der Waals surface area contributed by atoms with Gasteiger partial charge in [0.05, 0.1) is 36.0 Å². The van der Waals surface area contributed by atoms with Crippen LogP contribution in [0.1, 0.15) is 62.2 Å². The van der Waals surface area contributed by atoms with Gasteiger partial charge in [0, 0.05) is 19.2 Å². The summed E-state index contributed by atoms with van der Waals surface area (Å²) in [6.07, 6.45) is 10.3. The highest BCUT2D eigenvalue weighted by atomic mass is 16.5. The maximum Gasteiger partial charge on any atom is 0.306 e. The smallest absolute Gasteiger partial charge is 0.306 e. The lowest BCUT2D eigenvalue weighted by atomic mass is 9.95. The number of hydrogen-bond donors (Lipinski definition) is 1. The van der Waals surface area contributed by atoms with Crippen LogP contribution in [-0.2, 0) is 22.6 Å². The normalized spacial score (nSPS) is 18.0. The Balaban J connectivity index is 1.23. The zero-order chi connectivity index (χ0) is 24.9. The average Bonchev–Trinajstić information content (AvgIpc) is 3.56. The van der Waals surface area contributed by atoms with Crippen molar-refractivity contribution < 1.29 is 19.2 Å². The van der Waals surface area contributed by atoms with Crippen LogP contribution < -0.4 is 0 Å². The fourth-order valence-corrected chi connectivity index (χ4v) is 5.45. The van der Waals surface area contributed by atoms with Crippen molar-refractivity contribution in [2.45, 2.75) is 64.0 Å². The topological polar surface area (TPSA) is 107 Å².